The second kappa shape index (κ2) is 8.14. The van der Waals surface area contributed by atoms with Crippen LogP contribution in [0, 0.1) is 12.3 Å². The number of rotatable bonds is 6. The van der Waals surface area contributed by atoms with Crippen LogP contribution in [0.4, 0.5) is 0 Å². The van der Waals surface area contributed by atoms with Gasteiger partial charge >= 0.3 is 0 Å². The van der Waals surface area contributed by atoms with Crippen LogP contribution in [-0.2, 0) is 11.2 Å². The molecule has 0 fully saturated rings. The minimum Gasteiger partial charge on any atom is -0.479 e. The van der Waals surface area contributed by atoms with E-state index in [9.17, 15) is 4.79 Å². The lowest BCUT2D eigenvalue weighted by Crippen LogP contribution is -2.36. The summed E-state index contributed by atoms with van der Waals surface area (Å²) < 4.78 is 5.66. The second-order valence-corrected chi connectivity index (χ2v) is 5.58. The van der Waals surface area contributed by atoms with Crippen LogP contribution in [0.25, 0.3) is 0 Å². The molecule has 114 valence electrons. The third-order valence-corrected chi connectivity index (χ3v) is 3.15. The highest BCUT2D eigenvalue weighted by Gasteiger charge is 2.19. The molecule has 0 aromatic heterocycles. The van der Waals surface area contributed by atoms with E-state index in [1.165, 1.54) is 0 Å². The molecule has 0 aliphatic carbocycles. The zero-order valence-electron chi connectivity index (χ0n) is 12.0. The van der Waals surface area contributed by atoms with Crippen molar-refractivity contribution in [1.82, 2.24) is 5.32 Å². The Morgan fingerprint density at radius 1 is 1.48 bits per heavy atom. The van der Waals surface area contributed by atoms with Crippen LogP contribution in [0.2, 0.25) is 10.0 Å². The number of nitrogens with one attached hydrogen (secondary N) is 1. The number of amides is 1. The van der Waals surface area contributed by atoms with Gasteiger partial charge in [0.1, 0.15) is 5.75 Å². The Balaban J connectivity index is 2.96. The van der Waals surface area contributed by atoms with Crippen molar-refractivity contribution in [3.8, 4) is 18.1 Å². The van der Waals surface area contributed by atoms with E-state index >= 15 is 0 Å². The van der Waals surface area contributed by atoms with Crippen molar-refractivity contribution in [2.45, 2.75) is 32.4 Å². The molecule has 1 amide bonds. The first-order valence-corrected chi connectivity index (χ1v) is 7.22. The number of nitrogens with two attached hydrogens (primary N) is 1. The summed E-state index contributed by atoms with van der Waals surface area (Å²) in [6.45, 7) is 3.63. The molecule has 1 rings (SSSR count). The number of hydrogen-bond donors (Lipinski definition) is 2. The maximum absolute atomic E-state index is 11.8. The predicted octanol–water partition coefficient (Wildman–Crippen LogP) is 2.40. The Morgan fingerprint density at radius 3 is 2.71 bits per heavy atom. The SMILES string of the molecule is C#CCNC(=O)C(C)Oc1c(Cl)cc(Cl)cc1CC(C)N. The molecule has 0 saturated carbocycles. The lowest BCUT2D eigenvalue weighted by Gasteiger charge is -2.19. The van der Waals surface area contributed by atoms with Crippen molar-refractivity contribution >= 4 is 29.1 Å². The van der Waals surface area contributed by atoms with Gasteiger partial charge in [0, 0.05) is 11.1 Å². The smallest absolute Gasteiger partial charge is 0.261 e. The second-order valence-electron chi connectivity index (χ2n) is 4.74. The lowest BCUT2D eigenvalue weighted by molar-refractivity contribution is -0.127. The van der Waals surface area contributed by atoms with Crippen molar-refractivity contribution in [3.63, 3.8) is 0 Å². The molecule has 0 spiro atoms. The van der Waals surface area contributed by atoms with E-state index in [0.29, 0.717) is 22.2 Å². The van der Waals surface area contributed by atoms with Crippen molar-refractivity contribution in [2.75, 3.05) is 6.54 Å². The summed E-state index contributed by atoms with van der Waals surface area (Å²) in [5, 5.41) is 3.38. The van der Waals surface area contributed by atoms with Crippen LogP contribution < -0.4 is 15.8 Å². The lowest BCUT2D eigenvalue weighted by atomic mass is 10.1. The highest BCUT2D eigenvalue weighted by molar-refractivity contribution is 6.35. The van der Waals surface area contributed by atoms with Crippen LogP contribution >= 0.6 is 23.2 Å². The molecule has 0 saturated heterocycles. The Hall–Kier alpha value is -1.41. The third kappa shape index (κ3) is 5.47. The van der Waals surface area contributed by atoms with Gasteiger partial charge in [0.25, 0.3) is 5.91 Å². The van der Waals surface area contributed by atoms with Gasteiger partial charge in [0.2, 0.25) is 0 Å². The van der Waals surface area contributed by atoms with E-state index in [1.807, 2.05) is 6.92 Å². The largest absolute Gasteiger partial charge is 0.479 e. The number of carbonyl (C=O) groups excluding carboxylic acids is 1. The Morgan fingerprint density at radius 2 is 2.14 bits per heavy atom. The molecule has 1 aromatic rings. The molecule has 2 atom stereocenters. The summed E-state index contributed by atoms with van der Waals surface area (Å²) >= 11 is 12.1. The number of ether oxygens (including phenoxy) is 1. The summed E-state index contributed by atoms with van der Waals surface area (Å²) in [5.74, 6) is 2.43. The van der Waals surface area contributed by atoms with E-state index in [1.54, 1.807) is 19.1 Å². The summed E-state index contributed by atoms with van der Waals surface area (Å²) in [7, 11) is 0. The maximum atomic E-state index is 11.8. The van der Waals surface area contributed by atoms with E-state index in [2.05, 4.69) is 11.2 Å². The van der Waals surface area contributed by atoms with E-state index in [-0.39, 0.29) is 18.5 Å². The highest BCUT2D eigenvalue weighted by atomic mass is 35.5. The monoisotopic (exact) mass is 328 g/mol. The molecule has 4 nitrogen and oxygen atoms in total. The molecular formula is C15H18Cl2N2O2. The molecule has 21 heavy (non-hydrogen) atoms. The quantitative estimate of drug-likeness (QED) is 0.788. The van der Waals surface area contributed by atoms with Gasteiger partial charge in [-0.05, 0) is 38.0 Å². The van der Waals surface area contributed by atoms with E-state index in [4.69, 9.17) is 40.1 Å². The number of halogens is 2. The van der Waals surface area contributed by atoms with Gasteiger partial charge in [-0.2, -0.15) is 0 Å². The summed E-state index contributed by atoms with van der Waals surface area (Å²) in [4.78, 5) is 11.8. The number of terminal acetylenes is 1. The molecule has 0 heterocycles. The normalized spacial score (nSPS) is 13.1. The average molecular weight is 329 g/mol. The van der Waals surface area contributed by atoms with E-state index < -0.39 is 6.10 Å². The van der Waals surface area contributed by atoms with Gasteiger partial charge in [-0.15, -0.1) is 6.42 Å². The first kappa shape index (κ1) is 17.6. The first-order valence-electron chi connectivity index (χ1n) is 6.46. The summed E-state index contributed by atoms with van der Waals surface area (Å²) in [5.41, 5.74) is 6.57. The molecule has 6 heteroatoms. The molecular weight excluding hydrogens is 311 g/mol. The summed E-state index contributed by atoms with van der Waals surface area (Å²) in [6, 6.07) is 3.21. The summed E-state index contributed by atoms with van der Waals surface area (Å²) in [6.07, 6.45) is 4.90. The van der Waals surface area contributed by atoms with Gasteiger partial charge in [0.15, 0.2) is 6.10 Å². The number of carbonyl (C=O) groups is 1. The van der Waals surface area contributed by atoms with Crippen LogP contribution in [0.15, 0.2) is 12.1 Å². The molecule has 2 unspecified atom stereocenters. The minimum absolute atomic E-state index is 0.0903. The highest BCUT2D eigenvalue weighted by Crippen LogP contribution is 2.33. The Bertz CT molecular complexity index is 553. The van der Waals surface area contributed by atoms with Crippen LogP contribution in [0.1, 0.15) is 19.4 Å². The zero-order valence-corrected chi connectivity index (χ0v) is 13.5. The van der Waals surface area contributed by atoms with Gasteiger partial charge in [-0.25, -0.2) is 0 Å². The van der Waals surface area contributed by atoms with Gasteiger partial charge < -0.3 is 15.8 Å². The number of benzene rings is 1. The minimum atomic E-state index is -0.733. The van der Waals surface area contributed by atoms with Crippen molar-refractivity contribution in [3.05, 3.63) is 27.7 Å². The van der Waals surface area contributed by atoms with Crippen LogP contribution in [-0.4, -0.2) is 24.6 Å². The van der Waals surface area contributed by atoms with Crippen molar-refractivity contribution < 1.29 is 9.53 Å². The average Bonchev–Trinajstić information content (AvgIpc) is 2.38. The molecule has 0 aliphatic heterocycles. The van der Waals surface area contributed by atoms with Crippen molar-refractivity contribution in [2.24, 2.45) is 5.73 Å². The number of hydrogen-bond acceptors (Lipinski definition) is 3. The van der Waals surface area contributed by atoms with Crippen LogP contribution in [0.3, 0.4) is 0 Å². The standard InChI is InChI=1S/C15H18Cl2N2O2/c1-4-5-19-15(20)10(3)21-14-11(6-9(2)18)7-12(16)8-13(14)17/h1,7-10H,5-6,18H2,2-3H3,(H,19,20). The Labute approximate surface area is 134 Å². The fourth-order valence-corrected chi connectivity index (χ4v) is 2.34. The van der Waals surface area contributed by atoms with Gasteiger partial charge in [-0.3, -0.25) is 4.79 Å². The predicted molar refractivity (Wildman–Crippen MR) is 85.7 cm³/mol. The van der Waals surface area contributed by atoms with Gasteiger partial charge in [-0.1, -0.05) is 29.1 Å². The first-order chi connectivity index (χ1) is 9.85. The Kier molecular flexibility index (Phi) is 6.83. The fourth-order valence-electron chi connectivity index (χ4n) is 1.76. The van der Waals surface area contributed by atoms with Crippen LogP contribution in [0.5, 0.6) is 5.75 Å². The molecule has 1 aromatic carbocycles. The van der Waals surface area contributed by atoms with Gasteiger partial charge in [0.05, 0.1) is 11.6 Å². The molecule has 3 N–H and O–H groups in total. The molecule has 0 bridgehead atoms. The maximum Gasteiger partial charge on any atom is 0.261 e. The van der Waals surface area contributed by atoms with E-state index in [0.717, 1.165) is 5.56 Å². The fraction of sp³-hybridized carbons (Fsp3) is 0.400. The molecule has 0 radical (unpaired) electrons. The third-order valence-electron chi connectivity index (χ3n) is 2.66. The molecule has 0 aliphatic rings. The zero-order chi connectivity index (χ0) is 16.0. The topological polar surface area (TPSA) is 64.3 Å². The van der Waals surface area contributed by atoms with Crippen molar-refractivity contribution in [1.29, 1.82) is 0 Å².